The molecule has 1 heterocycles. The number of nitrogens with zero attached hydrogens (tertiary/aromatic N) is 2. The molecule has 4 nitrogen and oxygen atoms in total. The van der Waals surface area contributed by atoms with E-state index in [0.717, 1.165) is 32.7 Å². The lowest BCUT2D eigenvalue weighted by Gasteiger charge is -2.49. The van der Waals surface area contributed by atoms with Crippen molar-refractivity contribution in [1.82, 2.24) is 15.1 Å². The first-order valence-electron chi connectivity index (χ1n) is 7.31. The van der Waals surface area contributed by atoms with Gasteiger partial charge in [0, 0.05) is 31.7 Å². The zero-order valence-corrected chi connectivity index (χ0v) is 12.2. The fraction of sp³-hybridized carbons (Fsp3) is 1.00. The molecule has 1 saturated carbocycles. The number of ether oxygens (including phenoxy) is 1. The van der Waals surface area contributed by atoms with Crippen molar-refractivity contribution in [1.29, 1.82) is 0 Å². The Morgan fingerprint density at radius 2 is 2.06 bits per heavy atom. The van der Waals surface area contributed by atoms with E-state index in [2.05, 4.69) is 36.3 Å². The lowest BCUT2D eigenvalue weighted by Crippen LogP contribution is -2.57. The Morgan fingerprint density at radius 3 is 2.56 bits per heavy atom. The molecule has 2 rings (SSSR count). The highest BCUT2D eigenvalue weighted by Gasteiger charge is 2.39. The van der Waals surface area contributed by atoms with Gasteiger partial charge in [0.2, 0.25) is 0 Å². The largest absolute Gasteiger partial charge is 0.376 e. The molecular weight excluding hydrogens is 226 g/mol. The van der Waals surface area contributed by atoms with Gasteiger partial charge in [-0.05, 0) is 46.8 Å². The minimum atomic E-state index is 0.415. The average Bonchev–Trinajstić information content (AvgIpc) is 2.32. The number of nitrogens with one attached hydrogen (secondary N) is 1. The van der Waals surface area contributed by atoms with E-state index in [1.807, 2.05) is 0 Å². The summed E-state index contributed by atoms with van der Waals surface area (Å²) in [6.45, 7) is 5.24. The van der Waals surface area contributed by atoms with Crippen LogP contribution in [0.15, 0.2) is 0 Å². The molecule has 0 spiro atoms. The molecule has 1 unspecified atom stereocenters. The van der Waals surface area contributed by atoms with Crippen LogP contribution in [0, 0.1) is 0 Å². The Bertz CT molecular complexity index is 247. The van der Waals surface area contributed by atoms with E-state index in [1.54, 1.807) is 0 Å². The molecule has 106 valence electrons. The summed E-state index contributed by atoms with van der Waals surface area (Å²) in [5, 5.41) is 3.40. The van der Waals surface area contributed by atoms with Crippen LogP contribution in [-0.4, -0.2) is 75.4 Å². The second kappa shape index (κ2) is 6.33. The first-order chi connectivity index (χ1) is 8.62. The second-order valence-corrected chi connectivity index (χ2v) is 6.20. The zero-order chi connectivity index (χ0) is 13.0. The number of hydrogen-bond donors (Lipinski definition) is 1. The maximum atomic E-state index is 5.75. The van der Waals surface area contributed by atoms with Crippen molar-refractivity contribution in [3.8, 4) is 0 Å². The van der Waals surface area contributed by atoms with E-state index in [0.29, 0.717) is 11.6 Å². The molecule has 0 aromatic rings. The van der Waals surface area contributed by atoms with Crippen LogP contribution in [0.3, 0.4) is 0 Å². The van der Waals surface area contributed by atoms with Gasteiger partial charge in [0.1, 0.15) is 0 Å². The monoisotopic (exact) mass is 255 g/mol. The summed E-state index contributed by atoms with van der Waals surface area (Å²) < 4.78 is 5.75. The van der Waals surface area contributed by atoms with E-state index in [4.69, 9.17) is 4.74 Å². The van der Waals surface area contributed by atoms with Gasteiger partial charge < -0.3 is 19.9 Å². The Balaban J connectivity index is 1.69. The molecule has 1 saturated heterocycles. The molecule has 0 radical (unpaired) electrons. The molecule has 0 amide bonds. The molecule has 1 atom stereocenters. The van der Waals surface area contributed by atoms with Crippen LogP contribution in [0.1, 0.15) is 25.7 Å². The van der Waals surface area contributed by atoms with E-state index in [-0.39, 0.29) is 0 Å². The quantitative estimate of drug-likeness (QED) is 0.759. The van der Waals surface area contributed by atoms with Crippen molar-refractivity contribution >= 4 is 0 Å². The van der Waals surface area contributed by atoms with Crippen LogP contribution in [0.25, 0.3) is 0 Å². The maximum absolute atomic E-state index is 5.75. The Labute approximate surface area is 112 Å². The van der Waals surface area contributed by atoms with Crippen LogP contribution in [0.4, 0.5) is 0 Å². The highest BCUT2D eigenvalue weighted by atomic mass is 16.5. The number of hydrogen-bond acceptors (Lipinski definition) is 4. The predicted molar refractivity (Wildman–Crippen MR) is 75.0 cm³/mol. The van der Waals surface area contributed by atoms with Crippen LogP contribution in [0.2, 0.25) is 0 Å². The Kier molecular flexibility index (Phi) is 5.01. The molecule has 1 N–H and O–H groups in total. The van der Waals surface area contributed by atoms with Gasteiger partial charge in [0.25, 0.3) is 0 Å². The topological polar surface area (TPSA) is 27.7 Å². The lowest BCUT2D eigenvalue weighted by molar-refractivity contribution is 0.00370. The number of rotatable bonds is 6. The van der Waals surface area contributed by atoms with Crippen LogP contribution in [-0.2, 0) is 4.74 Å². The third-order valence-corrected chi connectivity index (χ3v) is 4.63. The molecule has 0 aromatic heterocycles. The van der Waals surface area contributed by atoms with Crippen LogP contribution in [0.5, 0.6) is 0 Å². The SMILES string of the molecule is CN(CCC1CNCCO1)CC1(N(C)C)CCC1. The van der Waals surface area contributed by atoms with Gasteiger partial charge in [-0.3, -0.25) is 0 Å². The molecule has 2 fully saturated rings. The molecular formula is C14H29N3O. The van der Waals surface area contributed by atoms with Gasteiger partial charge in [-0.15, -0.1) is 0 Å². The lowest BCUT2D eigenvalue weighted by atomic mass is 9.75. The molecule has 2 aliphatic rings. The molecule has 4 heteroatoms. The predicted octanol–water partition coefficient (Wildman–Crippen LogP) is 0.781. The highest BCUT2D eigenvalue weighted by Crippen LogP contribution is 2.36. The second-order valence-electron chi connectivity index (χ2n) is 6.20. The summed E-state index contributed by atoms with van der Waals surface area (Å²) in [6, 6.07) is 0. The van der Waals surface area contributed by atoms with Gasteiger partial charge in [0.05, 0.1) is 12.7 Å². The summed E-state index contributed by atoms with van der Waals surface area (Å²) in [7, 11) is 6.70. The van der Waals surface area contributed by atoms with Crippen LogP contribution >= 0.6 is 0 Å². The third kappa shape index (κ3) is 3.44. The molecule has 1 aliphatic carbocycles. The van der Waals surface area contributed by atoms with Gasteiger partial charge >= 0.3 is 0 Å². The molecule has 0 aromatic carbocycles. The van der Waals surface area contributed by atoms with Gasteiger partial charge in [-0.2, -0.15) is 0 Å². The van der Waals surface area contributed by atoms with Crippen molar-refractivity contribution in [2.45, 2.75) is 37.3 Å². The van der Waals surface area contributed by atoms with Crippen molar-refractivity contribution < 1.29 is 4.74 Å². The third-order valence-electron chi connectivity index (χ3n) is 4.63. The summed E-state index contributed by atoms with van der Waals surface area (Å²) in [6.07, 6.45) is 5.66. The van der Waals surface area contributed by atoms with Gasteiger partial charge in [-0.25, -0.2) is 0 Å². The van der Waals surface area contributed by atoms with E-state index in [9.17, 15) is 0 Å². The van der Waals surface area contributed by atoms with Crippen molar-refractivity contribution in [3.05, 3.63) is 0 Å². The van der Waals surface area contributed by atoms with Gasteiger partial charge in [0.15, 0.2) is 0 Å². The van der Waals surface area contributed by atoms with Crippen LogP contribution < -0.4 is 5.32 Å². The number of morpholine rings is 1. The smallest absolute Gasteiger partial charge is 0.0712 e. The average molecular weight is 255 g/mol. The molecule has 18 heavy (non-hydrogen) atoms. The highest BCUT2D eigenvalue weighted by molar-refractivity contribution is 4.97. The summed E-state index contributed by atoms with van der Waals surface area (Å²) in [5.41, 5.74) is 0.445. The van der Waals surface area contributed by atoms with E-state index in [1.165, 1.54) is 25.8 Å². The number of likely N-dealkylation sites (N-methyl/N-ethyl adjacent to an activating group) is 2. The van der Waals surface area contributed by atoms with Crippen molar-refractivity contribution in [2.24, 2.45) is 0 Å². The van der Waals surface area contributed by atoms with Gasteiger partial charge in [-0.1, -0.05) is 0 Å². The van der Waals surface area contributed by atoms with E-state index >= 15 is 0 Å². The first-order valence-corrected chi connectivity index (χ1v) is 7.31. The fourth-order valence-corrected chi connectivity index (χ4v) is 3.08. The maximum Gasteiger partial charge on any atom is 0.0712 e. The molecule has 1 aliphatic heterocycles. The molecule has 0 bridgehead atoms. The Morgan fingerprint density at radius 1 is 1.28 bits per heavy atom. The fourth-order valence-electron chi connectivity index (χ4n) is 3.08. The summed E-state index contributed by atoms with van der Waals surface area (Å²) >= 11 is 0. The van der Waals surface area contributed by atoms with Crippen molar-refractivity contribution in [2.75, 3.05) is 53.9 Å². The van der Waals surface area contributed by atoms with Crippen molar-refractivity contribution in [3.63, 3.8) is 0 Å². The summed E-state index contributed by atoms with van der Waals surface area (Å²) in [5.74, 6) is 0. The van der Waals surface area contributed by atoms with E-state index < -0.39 is 0 Å². The summed E-state index contributed by atoms with van der Waals surface area (Å²) in [4.78, 5) is 4.91. The Hall–Kier alpha value is -0.160. The standard InChI is InChI=1S/C14H29N3O/c1-16(2)14(6-4-7-14)12-17(3)9-5-13-11-15-8-10-18-13/h13,15H,4-12H2,1-3H3. The zero-order valence-electron chi connectivity index (χ0n) is 12.2. The normalized spacial score (nSPS) is 27.5. The minimum absolute atomic E-state index is 0.415. The minimum Gasteiger partial charge on any atom is -0.376 e. The first kappa shape index (κ1) is 14.3.